The molecule has 3 nitrogen and oxygen atoms in total. The minimum Gasteiger partial charge on any atom is -0.493 e. The molecule has 0 aliphatic rings. The zero-order valence-corrected chi connectivity index (χ0v) is 10.8. The van der Waals surface area contributed by atoms with Gasteiger partial charge in [-0.3, -0.25) is 5.41 Å². The summed E-state index contributed by atoms with van der Waals surface area (Å²) in [4.78, 5) is 0. The number of hydrogen-bond donors (Lipinski definition) is 2. The Bertz CT molecular complexity index is 393. The third kappa shape index (κ3) is 4.73. The van der Waals surface area contributed by atoms with Crippen molar-refractivity contribution in [2.24, 2.45) is 5.73 Å². The van der Waals surface area contributed by atoms with E-state index in [9.17, 15) is 4.39 Å². The Morgan fingerprint density at radius 1 is 1.28 bits per heavy atom. The lowest BCUT2D eigenvalue weighted by atomic mass is 10.1. The molecule has 0 aliphatic heterocycles. The monoisotopic (exact) mass is 252 g/mol. The molecule has 0 aliphatic carbocycles. The molecule has 0 spiro atoms. The lowest BCUT2D eigenvalue weighted by Crippen LogP contribution is -2.13. The van der Waals surface area contributed by atoms with Crippen LogP contribution in [-0.2, 0) is 0 Å². The van der Waals surface area contributed by atoms with E-state index in [0.29, 0.717) is 12.4 Å². The average Bonchev–Trinajstić information content (AvgIpc) is 2.33. The predicted octanol–water partition coefficient (Wildman–Crippen LogP) is 3.46. The highest BCUT2D eigenvalue weighted by molar-refractivity contribution is 5.95. The van der Waals surface area contributed by atoms with E-state index < -0.39 is 5.82 Å². The molecule has 4 heteroatoms. The summed E-state index contributed by atoms with van der Waals surface area (Å²) in [6.45, 7) is 2.78. The molecular formula is C14H21FN2O. The van der Waals surface area contributed by atoms with E-state index in [1.54, 1.807) is 6.07 Å². The smallest absolute Gasteiger partial charge is 0.137 e. The molecule has 3 N–H and O–H groups in total. The summed E-state index contributed by atoms with van der Waals surface area (Å²) in [6.07, 6.45) is 5.82. The van der Waals surface area contributed by atoms with Gasteiger partial charge in [-0.2, -0.15) is 0 Å². The van der Waals surface area contributed by atoms with E-state index >= 15 is 0 Å². The summed E-state index contributed by atoms with van der Waals surface area (Å²) < 4.78 is 18.9. The van der Waals surface area contributed by atoms with Gasteiger partial charge in [-0.1, -0.05) is 32.6 Å². The summed E-state index contributed by atoms with van der Waals surface area (Å²) in [5.41, 5.74) is 5.35. The summed E-state index contributed by atoms with van der Waals surface area (Å²) in [5.74, 6) is -0.280. The highest BCUT2D eigenvalue weighted by atomic mass is 19.1. The molecule has 0 bridgehead atoms. The fraction of sp³-hybridized carbons (Fsp3) is 0.500. The minimum atomic E-state index is -0.508. The molecule has 1 aromatic rings. The van der Waals surface area contributed by atoms with Crippen molar-refractivity contribution in [1.29, 1.82) is 5.41 Å². The standard InChI is InChI=1S/C14H21FN2O/c1-2-3-4-5-6-9-18-11-7-8-12(14(16)17)13(15)10-11/h7-8,10H,2-6,9H2,1H3,(H3,16,17). The number of nitrogen functional groups attached to an aromatic ring is 1. The van der Waals surface area contributed by atoms with Gasteiger partial charge in [0.1, 0.15) is 17.4 Å². The number of benzene rings is 1. The first-order valence-electron chi connectivity index (χ1n) is 6.42. The molecule has 0 radical (unpaired) electrons. The van der Waals surface area contributed by atoms with Crippen molar-refractivity contribution < 1.29 is 9.13 Å². The van der Waals surface area contributed by atoms with Crippen LogP contribution in [0.25, 0.3) is 0 Å². The van der Waals surface area contributed by atoms with Crippen LogP contribution in [0.2, 0.25) is 0 Å². The van der Waals surface area contributed by atoms with Gasteiger partial charge < -0.3 is 10.5 Å². The molecule has 1 aromatic carbocycles. The van der Waals surface area contributed by atoms with Gasteiger partial charge in [0.05, 0.1) is 12.2 Å². The largest absolute Gasteiger partial charge is 0.493 e. The second kappa shape index (κ2) is 7.69. The van der Waals surface area contributed by atoms with Crippen LogP contribution in [0.3, 0.4) is 0 Å². The second-order valence-electron chi connectivity index (χ2n) is 4.32. The molecule has 0 saturated heterocycles. The summed E-state index contributed by atoms with van der Waals surface area (Å²) in [6, 6.07) is 4.40. The van der Waals surface area contributed by atoms with Crippen LogP contribution in [0, 0.1) is 11.2 Å². The Morgan fingerprint density at radius 3 is 2.61 bits per heavy atom. The summed E-state index contributed by atoms with van der Waals surface area (Å²) >= 11 is 0. The van der Waals surface area contributed by atoms with Gasteiger partial charge in [0.2, 0.25) is 0 Å². The van der Waals surface area contributed by atoms with Crippen molar-refractivity contribution in [3.63, 3.8) is 0 Å². The highest BCUT2D eigenvalue weighted by Crippen LogP contribution is 2.16. The van der Waals surface area contributed by atoms with Crippen molar-refractivity contribution in [3.8, 4) is 5.75 Å². The van der Waals surface area contributed by atoms with Crippen LogP contribution in [0.15, 0.2) is 18.2 Å². The summed E-state index contributed by atoms with van der Waals surface area (Å²) in [5, 5.41) is 7.18. The van der Waals surface area contributed by atoms with Gasteiger partial charge in [-0.05, 0) is 18.6 Å². The van der Waals surface area contributed by atoms with Crippen molar-refractivity contribution >= 4 is 5.84 Å². The number of nitrogens with one attached hydrogen (secondary N) is 1. The number of rotatable bonds is 8. The Kier molecular flexibility index (Phi) is 6.19. The van der Waals surface area contributed by atoms with E-state index in [1.807, 2.05) is 0 Å². The van der Waals surface area contributed by atoms with Gasteiger partial charge in [0.15, 0.2) is 0 Å². The van der Waals surface area contributed by atoms with Gasteiger partial charge in [-0.25, -0.2) is 4.39 Å². The van der Waals surface area contributed by atoms with Crippen LogP contribution < -0.4 is 10.5 Å². The fourth-order valence-electron chi connectivity index (χ4n) is 1.70. The van der Waals surface area contributed by atoms with E-state index in [0.717, 1.165) is 12.8 Å². The normalized spacial score (nSPS) is 10.3. The third-order valence-electron chi connectivity index (χ3n) is 2.75. The molecule has 0 heterocycles. The molecule has 0 aromatic heterocycles. The Hall–Kier alpha value is -1.58. The molecule has 100 valence electrons. The number of unbranched alkanes of at least 4 members (excludes halogenated alkanes) is 4. The fourth-order valence-corrected chi connectivity index (χ4v) is 1.70. The highest BCUT2D eigenvalue weighted by Gasteiger charge is 2.06. The minimum absolute atomic E-state index is 0.116. The summed E-state index contributed by atoms with van der Waals surface area (Å²) in [7, 11) is 0. The van der Waals surface area contributed by atoms with E-state index in [-0.39, 0.29) is 11.4 Å². The zero-order chi connectivity index (χ0) is 13.4. The van der Waals surface area contributed by atoms with Gasteiger partial charge >= 0.3 is 0 Å². The van der Waals surface area contributed by atoms with E-state index in [4.69, 9.17) is 15.9 Å². The lowest BCUT2D eigenvalue weighted by Gasteiger charge is -2.07. The first-order valence-corrected chi connectivity index (χ1v) is 6.42. The van der Waals surface area contributed by atoms with E-state index in [1.165, 1.54) is 31.4 Å². The first kappa shape index (κ1) is 14.5. The molecule has 0 saturated carbocycles. The Balaban J connectivity index is 2.35. The van der Waals surface area contributed by atoms with Crippen molar-refractivity contribution in [2.75, 3.05) is 6.61 Å². The van der Waals surface area contributed by atoms with E-state index in [2.05, 4.69) is 6.92 Å². The first-order chi connectivity index (χ1) is 8.65. The number of nitrogens with two attached hydrogens (primary N) is 1. The number of halogens is 1. The third-order valence-corrected chi connectivity index (χ3v) is 2.75. The molecular weight excluding hydrogens is 231 g/mol. The maximum Gasteiger partial charge on any atom is 0.137 e. The Morgan fingerprint density at radius 2 is 2.00 bits per heavy atom. The molecule has 1 rings (SSSR count). The van der Waals surface area contributed by atoms with Crippen LogP contribution in [0.4, 0.5) is 4.39 Å². The van der Waals surface area contributed by atoms with Crippen LogP contribution >= 0.6 is 0 Å². The maximum absolute atomic E-state index is 13.5. The Labute approximate surface area is 108 Å². The lowest BCUT2D eigenvalue weighted by molar-refractivity contribution is 0.303. The topological polar surface area (TPSA) is 59.1 Å². The van der Waals surface area contributed by atoms with Gasteiger partial charge in [-0.15, -0.1) is 0 Å². The molecule has 0 unspecified atom stereocenters. The quantitative estimate of drug-likeness (QED) is 0.423. The van der Waals surface area contributed by atoms with Gasteiger partial charge in [0.25, 0.3) is 0 Å². The molecule has 0 amide bonds. The zero-order valence-electron chi connectivity index (χ0n) is 10.8. The van der Waals surface area contributed by atoms with Crippen molar-refractivity contribution in [3.05, 3.63) is 29.6 Å². The van der Waals surface area contributed by atoms with Crippen LogP contribution in [0.5, 0.6) is 5.75 Å². The number of ether oxygens (including phenoxy) is 1. The molecule has 0 fully saturated rings. The molecule has 0 atom stereocenters. The van der Waals surface area contributed by atoms with Crippen LogP contribution in [0.1, 0.15) is 44.6 Å². The SMILES string of the molecule is CCCCCCCOc1ccc(C(=N)N)c(F)c1. The predicted molar refractivity (Wildman–Crippen MR) is 71.7 cm³/mol. The number of amidine groups is 1. The van der Waals surface area contributed by atoms with Crippen molar-refractivity contribution in [1.82, 2.24) is 0 Å². The number of hydrogen-bond acceptors (Lipinski definition) is 2. The van der Waals surface area contributed by atoms with Crippen LogP contribution in [-0.4, -0.2) is 12.4 Å². The van der Waals surface area contributed by atoms with Crippen molar-refractivity contribution in [2.45, 2.75) is 39.0 Å². The average molecular weight is 252 g/mol. The maximum atomic E-state index is 13.5. The molecule has 18 heavy (non-hydrogen) atoms. The van der Waals surface area contributed by atoms with Gasteiger partial charge in [0, 0.05) is 6.07 Å². The second-order valence-corrected chi connectivity index (χ2v) is 4.32.